The molecule has 0 bridgehead atoms. The van der Waals surface area contributed by atoms with Crippen LogP contribution < -0.4 is 11.1 Å². The summed E-state index contributed by atoms with van der Waals surface area (Å²) < 4.78 is 18.7. The maximum Gasteiger partial charge on any atom is 0.410 e. The van der Waals surface area contributed by atoms with E-state index in [9.17, 15) is 9.59 Å². The summed E-state index contributed by atoms with van der Waals surface area (Å²) in [7, 11) is 0. The van der Waals surface area contributed by atoms with Crippen LogP contribution in [-0.4, -0.2) is 76.6 Å². The highest BCUT2D eigenvalue weighted by Gasteiger charge is 2.29. The van der Waals surface area contributed by atoms with E-state index in [1.54, 1.807) is 23.1 Å². The topological polar surface area (TPSA) is 133 Å². The van der Waals surface area contributed by atoms with Crippen molar-refractivity contribution in [2.75, 3.05) is 39.5 Å². The van der Waals surface area contributed by atoms with Gasteiger partial charge in [0.1, 0.15) is 12.6 Å². The van der Waals surface area contributed by atoms with Crippen molar-refractivity contribution in [3.63, 3.8) is 0 Å². The van der Waals surface area contributed by atoms with E-state index in [-0.39, 0.29) is 26.5 Å². The fraction of sp³-hybridized carbons (Fsp3) is 0.680. The van der Waals surface area contributed by atoms with Crippen LogP contribution in [0.5, 0.6) is 0 Å². The summed E-state index contributed by atoms with van der Waals surface area (Å²) in [6, 6.07) is 4.92. The first-order valence-corrected chi connectivity index (χ1v) is 12.3. The van der Waals surface area contributed by atoms with Crippen LogP contribution in [0.4, 0.5) is 4.79 Å². The molecular formula is C25H40N6O5. The minimum atomic E-state index is -1.07. The molecule has 0 aromatic carbocycles. The first-order valence-electron chi connectivity index (χ1n) is 12.3. The van der Waals surface area contributed by atoms with Crippen molar-refractivity contribution in [3.05, 3.63) is 29.7 Å². The van der Waals surface area contributed by atoms with Gasteiger partial charge >= 0.3 is 6.09 Å². The maximum absolute atomic E-state index is 12.8. The van der Waals surface area contributed by atoms with E-state index in [0.29, 0.717) is 56.0 Å². The third kappa shape index (κ3) is 6.92. The van der Waals surface area contributed by atoms with Gasteiger partial charge < -0.3 is 30.2 Å². The van der Waals surface area contributed by atoms with Crippen molar-refractivity contribution in [2.24, 2.45) is 11.7 Å². The molecule has 2 fully saturated rings. The van der Waals surface area contributed by atoms with E-state index in [1.807, 2.05) is 18.2 Å². The SMILES string of the molecule is C.CC(C)(N)C(=O)N[C@H](COCC1CCCC1)c1nnc2cccc(COC(=O)N3CCOCC3)n12. The molecule has 1 aliphatic carbocycles. The van der Waals surface area contributed by atoms with Crippen LogP contribution in [0.25, 0.3) is 5.65 Å². The number of amides is 2. The molecule has 1 aliphatic heterocycles. The summed E-state index contributed by atoms with van der Waals surface area (Å²) in [6.45, 7) is 6.21. The summed E-state index contributed by atoms with van der Waals surface area (Å²) in [5.41, 5.74) is 6.24. The Kier molecular flexibility index (Phi) is 9.63. The lowest BCUT2D eigenvalue weighted by Crippen LogP contribution is -2.51. The Hall–Kier alpha value is -2.76. The second-order valence-corrected chi connectivity index (χ2v) is 9.86. The molecule has 11 heteroatoms. The zero-order chi connectivity index (χ0) is 24.8. The predicted molar refractivity (Wildman–Crippen MR) is 134 cm³/mol. The summed E-state index contributed by atoms with van der Waals surface area (Å²) in [5.74, 6) is 0.726. The number of fused-ring (bicyclic) bond motifs is 1. The molecule has 1 saturated carbocycles. The van der Waals surface area contributed by atoms with Gasteiger partial charge in [-0.2, -0.15) is 0 Å². The van der Waals surface area contributed by atoms with Crippen molar-refractivity contribution < 1.29 is 23.8 Å². The summed E-state index contributed by atoms with van der Waals surface area (Å²) in [5, 5.41) is 11.6. The Labute approximate surface area is 212 Å². The molecule has 200 valence electrons. The highest BCUT2D eigenvalue weighted by atomic mass is 16.6. The molecule has 0 spiro atoms. The third-order valence-corrected chi connectivity index (χ3v) is 6.46. The fourth-order valence-electron chi connectivity index (χ4n) is 4.40. The van der Waals surface area contributed by atoms with Gasteiger partial charge in [0.25, 0.3) is 0 Å². The Morgan fingerprint density at radius 2 is 1.94 bits per heavy atom. The van der Waals surface area contributed by atoms with E-state index in [4.69, 9.17) is 19.9 Å². The maximum atomic E-state index is 12.8. The molecule has 2 aliphatic rings. The number of carbonyl (C=O) groups excluding carboxylic acids is 2. The largest absolute Gasteiger partial charge is 0.443 e. The minimum absolute atomic E-state index is 0. The van der Waals surface area contributed by atoms with Gasteiger partial charge in [0, 0.05) is 19.7 Å². The molecule has 2 aromatic heterocycles. The van der Waals surface area contributed by atoms with Crippen LogP contribution in [0.1, 0.15) is 64.5 Å². The monoisotopic (exact) mass is 504 g/mol. The van der Waals surface area contributed by atoms with Gasteiger partial charge in [-0.1, -0.05) is 26.3 Å². The van der Waals surface area contributed by atoms with Crippen LogP contribution in [0.3, 0.4) is 0 Å². The van der Waals surface area contributed by atoms with Gasteiger partial charge in [-0.15, -0.1) is 10.2 Å². The number of carbonyl (C=O) groups is 2. The Morgan fingerprint density at radius 1 is 1.22 bits per heavy atom. The molecule has 36 heavy (non-hydrogen) atoms. The number of ether oxygens (including phenoxy) is 3. The van der Waals surface area contributed by atoms with Crippen LogP contribution >= 0.6 is 0 Å². The van der Waals surface area contributed by atoms with E-state index in [1.165, 1.54) is 25.7 Å². The highest BCUT2D eigenvalue weighted by molar-refractivity contribution is 5.85. The molecule has 3 heterocycles. The van der Waals surface area contributed by atoms with Crippen molar-refractivity contribution in [1.82, 2.24) is 24.8 Å². The summed E-state index contributed by atoms with van der Waals surface area (Å²) >= 11 is 0. The van der Waals surface area contributed by atoms with E-state index < -0.39 is 17.7 Å². The van der Waals surface area contributed by atoms with Crippen molar-refractivity contribution in [3.8, 4) is 0 Å². The standard InChI is InChI=1S/C24H36N6O5.CH4/c1-24(2,25)22(31)26-19(16-34-14-17-6-3-4-7-17)21-28-27-20-9-5-8-18(30(20)21)15-35-23(32)29-10-12-33-13-11-29;/h5,8-9,17,19H,3-4,6-7,10-16,25H2,1-2H3,(H,26,31);1H4/t19-;/m1./s1. The Morgan fingerprint density at radius 3 is 2.64 bits per heavy atom. The van der Waals surface area contributed by atoms with E-state index in [2.05, 4.69) is 15.5 Å². The Bertz CT molecular complexity index is 1010. The number of pyridine rings is 1. The lowest BCUT2D eigenvalue weighted by atomic mass is 10.1. The molecule has 2 aromatic rings. The summed E-state index contributed by atoms with van der Waals surface area (Å²) in [6.07, 6.45) is 4.40. The smallest absolute Gasteiger partial charge is 0.410 e. The number of rotatable bonds is 9. The number of nitrogens with one attached hydrogen (secondary N) is 1. The van der Waals surface area contributed by atoms with Crippen LogP contribution in [-0.2, 0) is 25.6 Å². The van der Waals surface area contributed by atoms with Gasteiger partial charge in [-0.25, -0.2) is 4.79 Å². The van der Waals surface area contributed by atoms with Crippen molar-refractivity contribution in [2.45, 2.75) is 65.1 Å². The number of morpholine rings is 1. The second kappa shape index (κ2) is 12.5. The lowest BCUT2D eigenvalue weighted by molar-refractivity contribution is -0.126. The van der Waals surface area contributed by atoms with Gasteiger partial charge in [-0.3, -0.25) is 9.20 Å². The Balaban J connectivity index is 0.00000361. The third-order valence-electron chi connectivity index (χ3n) is 6.46. The zero-order valence-corrected chi connectivity index (χ0v) is 20.6. The molecule has 0 radical (unpaired) electrons. The highest BCUT2D eigenvalue weighted by Crippen LogP contribution is 2.25. The minimum Gasteiger partial charge on any atom is -0.443 e. The number of hydrogen-bond donors (Lipinski definition) is 2. The molecule has 0 unspecified atom stereocenters. The average molecular weight is 505 g/mol. The predicted octanol–water partition coefficient (Wildman–Crippen LogP) is 2.44. The lowest BCUT2D eigenvalue weighted by Gasteiger charge is -2.26. The van der Waals surface area contributed by atoms with Crippen LogP contribution in [0, 0.1) is 5.92 Å². The van der Waals surface area contributed by atoms with Gasteiger partial charge in [0.05, 0.1) is 31.1 Å². The molecule has 11 nitrogen and oxygen atoms in total. The number of hydrogen-bond acceptors (Lipinski definition) is 8. The van der Waals surface area contributed by atoms with Crippen molar-refractivity contribution >= 4 is 17.6 Å². The van der Waals surface area contributed by atoms with Crippen LogP contribution in [0.2, 0.25) is 0 Å². The molecule has 4 rings (SSSR count). The number of nitrogens with two attached hydrogens (primary N) is 1. The van der Waals surface area contributed by atoms with Crippen molar-refractivity contribution in [1.29, 1.82) is 0 Å². The first kappa shape index (κ1) is 27.8. The number of nitrogens with zero attached hydrogens (tertiary/aromatic N) is 4. The normalized spacial score (nSPS) is 17.6. The van der Waals surface area contributed by atoms with Gasteiger partial charge in [0.15, 0.2) is 11.5 Å². The summed E-state index contributed by atoms with van der Waals surface area (Å²) in [4.78, 5) is 26.9. The molecule has 3 N–H and O–H groups in total. The molecule has 1 saturated heterocycles. The number of aromatic nitrogens is 3. The average Bonchev–Trinajstić information content (AvgIpc) is 3.52. The molecular weight excluding hydrogens is 464 g/mol. The first-order chi connectivity index (χ1) is 16.8. The van der Waals surface area contributed by atoms with Gasteiger partial charge in [-0.05, 0) is 44.7 Å². The van der Waals surface area contributed by atoms with Gasteiger partial charge in [0.2, 0.25) is 5.91 Å². The van der Waals surface area contributed by atoms with E-state index >= 15 is 0 Å². The quantitative estimate of drug-likeness (QED) is 0.532. The molecule has 2 amide bonds. The zero-order valence-electron chi connectivity index (χ0n) is 20.6. The molecule has 1 atom stereocenters. The van der Waals surface area contributed by atoms with E-state index in [0.717, 1.165) is 0 Å². The fourth-order valence-corrected chi connectivity index (χ4v) is 4.40. The van der Waals surface area contributed by atoms with Crippen LogP contribution in [0.15, 0.2) is 18.2 Å². The second-order valence-electron chi connectivity index (χ2n) is 9.86.